The van der Waals surface area contributed by atoms with Gasteiger partial charge in [0.15, 0.2) is 5.79 Å². The van der Waals surface area contributed by atoms with Crippen LogP contribution in [0.4, 0.5) is 0 Å². The zero-order valence-corrected chi connectivity index (χ0v) is 8.62. The van der Waals surface area contributed by atoms with Crippen LogP contribution in [-0.4, -0.2) is 19.0 Å². The predicted octanol–water partition coefficient (Wildman–Crippen LogP) is 1.19. The van der Waals surface area contributed by atoms with Crippen LogP contribution in [0.1, 0.15) is 18.1 Å². The topological polar surface area (TPSA) is 68.3 Å². The van der Waals surface area contributed by atoms with E-state index in [0.717, 1.165) is 5.56 Å². The van der Waals surface area contributed by atoms with Crippen LogP contribution in [-0.2, 0) is 15.3 Å². The van der Waals surface area contributed by atoms with E-state index in [1.165, 1.54) is 0 Å². The van der Waals surface area contributed by atoms with Crippen LogP contribution in [0.2, 0.25) is 0 Å². The van der Waals surface area contributed by atoms with Crippen molar-refractivity contribution in [1.29, 1.82) is 5.41 Å². The van der Waals surface area contributed by atoms with Gasteiger partial charge in [-0.15, -0.1) is 0 Å². The Hall–Kier alpha value is -1.39. The normalized spacial score (nSPS) is 19.0. The lowest BCUT2D eigenvalue weighted by Crippen LogP contribution is -2.22. The lowest BCUT2D eigenvalue weighted by atomic mass is 10.0. The minimum atomic E-state index is -0.644. The van der Waals surface area contributed by atoms with Gasteiger partial charge in [-0.05, 0) is 6.92 Å². The molecule has 0 aromatic heterocycles. The van der Waals surface area contributed by atoms with Gasteiger partial charge in [-0.3, -0.25) is 5.41 Å². The van der Waals surface area contributed by atoms with Crippen LogP contribution in [0.25, 0.3) is 0 Å². The molecule has 1 aliphatic rings. The van der Waals surface area contributed by atoms with Crippen molar-refractivity contribution in [3.05, 3.63) is 35.4 Å². The van der Waals surface area contributed by atoms with Gasteiger partial charge in [0.2, 0.25) is 0 Å². The van der Waals surface area contributed by atoms with E-state index in [0.29, 0.717) is 18.8 Å². The molecule has 0 bridgehead atoms. The zero-order chi connectivity index (χ0) is 10.9. The second kappa shape index (κ2) is 3.64. The Morgan fingerprint density at radius 3 is 2.27 bits per heavy atom. The molecule has 0 aliphatic carbocycles. The highest BCUT2D eigenvalue weighted by Crippen LogP contribution is 2.30. The minimum Gasteiger partial charge on any atom is -0.384 e. The standard InChI is InChI=1S/C11H14N2O2/c1-11(14-6-7-15-11)9-4-2-8(3-5-9)10(12)13/h2-5H,6-7H2,1H3,(H3,12,13). The third kappa shape index (κ3) is 1.86. The Balaban J connectivity index is 2.26. The second-order valence-corrected chi connectivity index (χ2v) is 3.63. The first kappa shape index (κ1) is 10.1. The van der Waals surface area contributed by atoms with Gasteiger partial charge in [0.1, 0.15) is 5.84 Å². The van der Waals surface area contributed by atoms with Crippen molar-refractivity contribution in [1.82, 2.24) is 0 Å². The number of hydrogen-bond donors (Lipinski definition) is 2. The van der Waals surface area contributed by atoms with Crippen LogP contribution >= 0.6 is 0 Å². The number of hydrogen-bond acceptors (Lipinski definition) is 3. The molecular formula is C11H14N2O2. The molecule has 15 heavy (non-hydrogen) atoms. The van der Waals surface area contributed by atoms with Gasteiger partial charge in [-0.2, -0.15) is 0 Å². The van der Waals surface area contributed by atoms with Gasteiger partial charge in [0.05, 0.1) is 13.2 Å². The van der Waals surface area contributed by atoms with Crippen molar-refractivity contribution < 1.29 is 9.47 Å². The maximum atomic E-state index is 7.28. The van der Waals surface area contributed by atoms with Gasteiger partial charge in [0.25, 0.3) is 0 Å². The predicted molar refractivity (Wildman–Crippen MR) is 56.7 cm³/mol. The summed E-state index contributed by atoms with van der Waals surface area (Å²) in [5.74, 6) is -0.574. The molecule has 1 fully saturated rings. The van der Waals surface area contributed by atoms with Crippen molar-refractivity contribution in [3.8, 4) is 0 Å². The monoisotopic (exact) mass is 206 g/mol. The summed E-state index contributed by atoms with van der Waals surface area (Å²) in [6, 6.07) is 7.35. The molecule has 4 nitrogen and oxygen atoms in total. The summed E-state index contributed by atoms with van der Waals surface area (Å²) in [5, 5.41) is 7.28. The molecule has 0 saturated carbocycles. The maximum Gasteiger partial charge on any atom is 0.192 e. The third-order valence-electron chi connectivity index (χ3n) is 2.56. The first-order chi connectivity index (χ1) is 7.12. The summed E-state index contributed by atoms with van der Waals surface area (Å²) >= 11 is 0. The molecule has 0 radical (unpaired) electrons. The first-order valence-corrected chi connectivity index (χ1v) is 4.85. The average molecular weight is 206 g/mol. The van der Waals surface area contributed by atoms with Crippen molar-refractivity contribution in [2.75, 3.05) is 13.2 Å². The van der Waals surface area contributed by atoms with Crippen molar-refractivity contribution in [3.63, 3.8) is 0 Å². The summed E-state index contributed by atoms with van der Waals surface area (Å²) in [6.07, 6.45) is 0. The Morgan fingerprint density at radius 2 is 1.80 bits per heavy atom. The van der Waals surface area contributed by atoms with Crippen LogP contribution in [0.3, 0.4) is 0 Å². The SMILES string of the molecule is CC1(c2ccc(C(=N)N)cc2)OCCO1. The molecule has 3 N–H and O–H groups in total. The first-order valence-electron chi connectivity index (χ1n) is 4.85. The summed E-state index contributed by atoms with van der Waals surface area (Å²) < 4.78 is 11.0. The highest BCUT2D eigenvalue weighted by atomic mass is 16.7. The molecule has 1 aromatic rings. The van der Waals surface area contributed by atoms with Crippen LogP contribution in [0.5, 0.6) is 0 Å². The highest BCUT2D eigenvalue weighted by molar-refractivity contribution is 5.94. The molecule has 80 valence electrons. The molecule has 0 unspecified atom stereocenters. The summed E-state index contributed by atoms with van der Waals surface area (Å²) in [7, 11) is 0. The van der Waals surface area contributed by atoms with Crippen LogP contribution in [0.15, 0.2) is 24.3 Å². The number of amidine groups is 1. The Kier molecular flexibility index (Phi) is 2.46. The Bertz CT molecular complexity index is 367. The van der Waals surface area contributed by atoms with E-state index in [9.17, 15) is 0 Å². The van der Waals surface area contributed by atoms with Gasteiger partial charge < -0.3 is 15.2 Å². The molecule has 0 atom stereocenters. The van der Waals surface area contributed by atoms with E-state index in [2.05, 4.69) is 0 Å². The van der Waals surface area contributed by atoms with Crippen molar-refractivity contribution in [2.45, 2.75) is 12.7 Å². The zero-order valence-electron chi connectivity index (χ0n) is 8.62. The van der Waals surface area contributed by atoms with E-state index in [1.807, 2.05) is 19.1 Å². The van der Waals surface area contributed by atoms with E-state index in [1.54, 1.807) is 12.1 Å². The number of benzene rings is 1. The van der Waals surface area contributed by atoms with E-state index in [-0.39, 0.29) is 5.84 Å². The quantitative estimate of drug-likeness (QED) is 0.564. The summed E-state index contributed by atoms with van der Waals surface area (Å²) in [5.41, 5.74) is 7.03. The van der Waals surface area contributed by atoms with E-state index >= 15 is 0 Å². The molecule has 1 aromatic carbocycles. The average Bonchev–Trinajstić information content (AvgIpc) is 2.67. The smallest absolute Gasteiger partial charge is 0.192 e. The fraction of sp³-hybridized carbons (Fsp3) is 0.364. The molecule has 0 spiro atoms. The molecule has 1 aliphatic heterocycles. The molecule has 4 heteroatoms. The lowest BCUT2D eigenvalue weighted by Gasteiger charge is -2.22. The molecule has 0 amide bonds. The second-order valence-electron chi connectivity index (χ2n) is 3.63. The van der Waals surface area contributed by atoms with Crippen molar-refractivity contribution in [2.24, 2.45) is 5.73 Å². The fourth-order valence-electron chi connectivity index (χ4n) is 1.63. The van der Waals surface area contributed by atoms with Gasteiger partial charge in [-0.25, -0.2) is 0 Å². The lowest BCUT2D eigenvalue weighted by molar-refractivity contribution is -0.149. The summed E-state index contributed by atoms with van der Waals surface area (Å²) in [4.78, 5) is 0. The number of rotatable bonds is 2. The van der Waals surface area contributed by atoms with Gasteiger partial charge >= 0.3 is 0 Å². The largest absolute Gasteiger partial charge is 0.384 e. The van der Waals surface area contributed by atoms with Crippen molar-refractivity contribution >= 4 is 5.84 Å². The number of ether oxygens (including phenoxy) is 2. The van der Waals surface area contributed by atoms with Crippen LogP contribution in [0, 0.1) is 5.41 Å². The van der Waals surface area contributed by atoms with E-state index < -0.39 is 5.79 Å². The highest BCUT2D eigenvalue weighted by Gasteiger charge is 2.32. The Labute approximate surface area is 88.5 Å². The number of nitrogens with one attached hydrogen (secondary N) is 1. The summed E-state index contributed by atoms with van der Waals surface area (Å²) in [6.45, 7) is 3.12. The Morgan fingerprint density at radius 1 is 1.27 bits per heavy atom. The van der Waals surface area contributed by atoms with Gasteiger partial charge in [0, 0.05) is 11.1 Å². The molecular weight excluding hydrogens is 192 g/mol. The minimum absolute atomic E-state index is 0.0694. The van der Waals surface area contributed by atoms with Gasteiger partial charge in [-0.1, -0.05) is 24.3 Å². The molecule has 1 heterocycles. The maximum absolute atomic E-state index is 7.28. The fourth-order valence-corrected chi connectivity index (χ4v) is 1.63. The number of nitrogen functional groups attached to an aromatic ring is 1. The van der Waals surface area contributed by atoms with E-state index in [4.69, 9.17) is 20.6 Å². The molecule has 2 rings (SSSR count). The third-order valence-corrected chi connectivity index (χ3v) is 2.56. The van der Waals surface area contributed by atoms with Crippen LogP contribution < -0.4 is 5.73 Å². The number of nitrogens with two attached hydrogens (primary N) is 1. The molecule has 1 saturated heterocycles.